The lowest BCUT2D eigenvalue weighted by Crippen LogP contribution is -2.50. The van der Waals surface area contributed by atoms with Crippen molar-refractivity contribution in [3.8, 4) is 0 Å². The van der Waals surface area contributed by atoms with Crippen molar-refractivity contribution in [2.24, 2.45) is 0 Å². The Kier molecular flexibility index (Phi) is 5.37. The molecule has 19 heavy (non-hydrogen) atoms. The minimum atomic E-state index is 0.00713. The van der Waals surface area contributed by atoms with E-state index in [-0.39, 0.29) is 5.72 Å². The molecule has 2 fully saturated rings. The van der Waals surface area contributed by atoms with Crippen LogP contribution in [0.3, 0.4) is 0 Å². The van der Waals surface area contributed by atoms with E-state index in [1.807, 2.05) is 13.8 Å². The predicted octanol–water partition coefficient (Wildman–Crippen LogP) is 2.62. The molecule has 1 aromatic rings. The number of ether oxygens (including phenoxy) is 1. The number of nitrogens with zero attached hydrogens (tertiary/aromatic N) is 1. The van der Waals surface area contributed by atoms with E-state index in [0.717, 1.165) is 45.6 Å². The van der Waals surface area contributed by atoms with E-state index in [1.54, 1.807) is 0 Å². The first kappa shape index (κ1) is 14.5. The molecule has 1 N–H and O–H groups in total. The lowest BCUT2D eigenvalue weighted by atomic mass is 10.0. The van der Waals surface area contributed by atoms with Crippen molar-refractivity contribution in [1.29, 1.82) is 0 Å². The molecule has 0 atom stereocenters. The molecule has 2 saturated heterocycles. The first-order valence-corrected chi connectivity index (χ1v) is 7.52. The van der Waals surface area contributed by atoms with Gasteiger partial charge in [0, 0.05) is 39.0 Å². The molecule has 2 aliphatic rings. The molecule has 1 aromatic carbocycles. The van der Waals surface area contributed by atoms with Crippen LogP contribution in [0.1, 0.15) is 32.3 Å². The van der Waals surface area contributed by atoms with E-state index in [9.17, 15) is 0 Å². The van der Waals surface area contributed by atoms with Gasteiger partial charge in [-0.3, -0.25) is 10.2 Å². The molecule has 0 aliphatic carbocycles. The highest BCUT2D eigenvalue weighted by Crippen LogP contribution is 2.27. The Morgan fingerprint density at radius 2 is 1.84 bits per heavy atom. The minimum Gasteiger partial charge on any atom is -0.359 e. The predicted molar refractivity (Wildman–Crippen MR) is 79.0 cm³/mol. The van der Waals surface area contributed by atoms with Gasteiger partial charge in [-0.05, 0) is 5.56 Å². The number of nitrogens with one attached hydrogen (secondary N) is 1. The summed E-state index contributed by atoms with van der Waals surface area (Å²) in [6, 6.07) is 10.7. The lowest BCUT2D eigenvalue weighted by Gasteiger charge is -2.38. The summed E-state index contributed by atoms with van der Waals surface area (Å²) in [7, 11) is 0. The molecule has 3 nitrogen and oxygen atoms in total. The largest absolute Gasteiger partial charge is 0.359 e. The number of likely N-dealkylation sites (tertiary alicyclic amines) is 1. The first-order chi connectivity index (χ1) is 9.36. The van der Waals surface area contributed by atoms with Gasteiger partial charge in [0.25, 0.3) is 0 Å². The second kappa shape index (κ2) is 7.04. The smallest absolute Gasteiger partial charge is 0.121 e. The van der Waals surface area contributed by atoms with Crippen molar-refractivity contribution in [1.82, 2.24) is 10.2 Å². The molecule has 0 radical (unpaired) electrons. The molecular formula is C16H26N2O. The topological polar surface area (TPSA) is 24.5 Å². The molecule has 1 spiro atoms. The van der Waals surface area contributed by atoms with Crippen molar-refractivity contribution in [3.05, 3.63) is 35.9 Å². The maximum atomic E-state index is 5.84. The number of rotatable bonds is 2. The van der Waals surface area contributed by atoms with Gasteiger partial charge >= 0.3 is 0 Å². The summed E-state index contributed by atoms with van der Waals surface area (Å²) in [5.41, 5.74) is 1.41. The standard InChI is InChI=1S/C14H20N2O.C2H6/c1-2-4-13(5-3-1)12-16-9-6-14(7-10-16)15-8-11-17-14;1-2/h1-5,15H,6-12H2;1-2H3. The van der Waals surface area contributed by atoms with Crippen LogP contribution in [0.4, 0.5) is 0 Å². The summed E-state index contributed by atoms with van der Waals surface area (Å²) >= 11 is 0. The molecule has 0 saturated carbocycles. The fraction of sp³-hybridized carbons (Fsp3) is 0.625. The van der Waals surface area contributed by atoms with Crippen LogP contribution >= 0.6 is 0 Å². The van der Waals surface area contributed by atoms with E-state index < -0.39 is 0 Å². The third kappa shape index (κ3) is 3.78. The number of hydrogen-bond donors (Lipinski definition) is 1. The second-order valence-corrected chi connectivity index (χ2v) is 5.03. The summed E-state index contributed by atoms with van der Waals surface area (Å²) in [6.45, 7) is 9.21. The monoisotopic (exact) mass is 262 g/mol. The quantitative estimate of drug-likeness (QED) is 0.886. The molecule has 3 rings (SSSR count). The van der Waals surface area contributed by atoms with E-state index in [1.165, 1.54) is 5.56 Å². The molecule has 106 valence electrons. The average Bonchev–Trinajstić information content (AvgIpc) is 2.94. The molecule has 2 aliphatic heterocycles. The summed E-state index contributed by atoms with van der Waals surface area (Å²) in [5, 5.41) is 3.51. The first-order valence-electron chi connectivity index (χ1n) is 7.52. The van der Waals surface area contributed by atoms with Gasteiger partial charge in [0.1, 0.15) is 5.72 Å². The lowest BCUT2D eigenvalue weighted by molar-refractivity contribution is -0.0576. The van der Waals surface area contributed by atoms with Crippen LogP contribution in [-0.4, -0.2) is 36.9 Å². The van der Waals surface area contributed by atoms with Crippen molar-refractivity contribution in [3.63, 3.8) is 0 Å². The van der Waals surface area contributed by atoms with Gasteiger partial charge in [-0.2, -0.15) is 0 Å². The highest BCUT2D eigenvalue weighted by molar-refractivity contribution is 5.14. The zero-order valence-electron chi connectivity index (χ0n) is 12.2. The van der Waals surface area contributed by atoms with Crippen molar-refractivity contribution < 1.29 is 4.74 Å². The molecule has 0 unspecified atom stereocenters. The van der Waals surface area contributed by atoms with Crippen molar-refractivity contribution in [2.45, 2.75) is 39.0 Å². The summed E-state index contributed by atoms with van der Waals surface area (Å²) < 4.78 is 5.84. The van der Waals surface area contributed by atoms with Gasteiger partial charge in [-0.15, -0.1) is 0 Å². The van der Waals surface area contributed by atoms with Crippen LogP contribution in [0.2, 0.25) is 0 Å². The Morgan fingerprint density at radius 3 is 2.42 bits per heavy atom. The van der Waals surface area contributed by atoms with Gasteiger partial charge in [0.2, 0.25) is 0 Å². The molecule has 0 amide bonds. The summed E-state index contributed by atoms with van der Waals surface area (Å²) in [5.74, 6) is 0. The van der Waals surface area contributed by atoms with Crippen molar-refractivity contribution >= 4 is 0 Å². The third-order valence-corrected chi connectivity index (χ3v) is 3.84. The van der Waals surface area contributed by atoms with E-state index in [4.69, 9.17) is 4.74 Å². The number of piperidine rings is 1. The van der Waals surface area contributed by atoms with Crippen LogP contribution in [-0.2, 0) is 11.3 Å². The van der Waals surface area contributed by atoms with E-state index in [2.05, 4.69) is 40.5 Å². The molecular weight excluding hydrogens is 236 g/mol. The van der Waals surface area contributed by atoms with Gasteiger partial charge in [0.15, 0.2) is 0 Å². The SMILES string of the molecule is CC.c1ccc(CN2CCC3(CC2)NCCO3)cc1. The van der Waals surface area contributed by atoms with E-state index in [0.29, 0.717) is 0 Å². The maximum absolute atomic E-state index is 5.84. The maximum Gasteiger partial charge on any atom is 0.121 e. The zero-order valence-corrected chi connectivity index (χ0v) is 12.2. The van der Waals surface area contributed by atoms with Crippen LogP contribution in [0.25, 0.3) is 0 Å². The van der Waals surface area contributed by atoms with Crippen LogP contribution < -0.4 is 5.32 Å². The van der Waals surface area contributed by atoms with Gasteiger partial charge in [-0.1, -0.05) is 44.2 Å². The number of hydrogen-bond acceptors (Lipinski definition) is 3. The molecule has 0 bridgehead atoms. The average molecular weight is 262 g/mol. The Hall–Kier alpha value is -0.900. The van der Waals surface area contributed by atoms with Crippen LogP contribution in [0.15, 0.2) is 30.3 Å². The normalized spacial score (nSPS) is 22.0. The Labute approximate surface area is 116 Å². The molecule has 3 heteroatoms. The molecule has 2 heterocycles. The van der Waals surface area contributed by atoms with Crippen LogP contribution in [0.5, 0.6) is 0 Å². The minimum absolute atomic E-state index is 0.00713. The van der Waals surface area contributed by atoms with E-state index >= 15 is 0 Å². The Balaban J connectivity index is 0.000000637. The van der Waals surface area contributed by atoms with Gasteiger partial charge in [0.05, 0.1) is 6.61 Å². The van der Waals surface area contributed by atoms with Gasteiger partial charge in [-0.25, -0.2) is 0 Å². The Bertz CT molecular complexity index is 350. The highest BCUT2D eigenvalue weighted by Gasteiger charge is 2.37. The van der Waals surface area contributed by atoms with Crippen molar-refractivity contribution in [2.75, 3.05) is 26.2 Å². The fourth-order valence-corrected chi connectivity index (χ4v) is 2.81. The van der Waals surface area contributed by atoms with Gasteiger partial charge < -0.3 is 4.74 Å². The fourth-order valence-electron chi connectivity index (χ4n) is 2.81. The van der Waals surface area contributed by atoms with Crippen LogP contribution in [0, 0.1) is 0 Å². The molecule has 0 aromatic heterocycles. The summed E-state index contributed by atoms with van der Waals surface area (Å²) in [6.07, 6.45) is 2.22. The third-order valence-electron chi connectivity index (χ3n) is 3.84. The zero-order chi connectivity index (χ0) is 13.6. The number of benzene rings is 1. The summed E-state index contributed by atoms with van der Waals surface area (Å²) in [4.78, 5) is 2.52. The Morgan fingerprint density at radius 1 is 1.16 bits per heavy atom. The second-order valence-electron chi connectivity index (χ2n) is 5.03. The highest BCUT2D eigenvalue weighted by atomic mass is 16.5.